The monoisotopic (exact) mass is 316 g/mol. The number of aromatic nitrogens is 4. The molecule has 122 valence electrons. The van der Waals surface area contributed by atoms with Crippen LogP contribution in [0.3, 0.4) is 0 Å². The van der Waals surface area contributed by atoms with E-state index in [0.717, 1.165) is 30.4 Å². The van der Waals surface area contributed by atoms with Crippen LogP contribution in [-0.2, 0) is 17.9 Å². The molecule has 1 amide bonds. The summed E-state index contributed by atoms with van der Waals surface area (Å²) >= 11 is 0. The lowest BCUT2D eigenvalue weighted by Crippen LogP contribution is -2.46. The molecule has 3 heterocycles. The van der Waals surface area contributed by atoms with Crippen molar-refractivity contribution in [3.8, 4) is 0 Å². The van der Waals surface area contributed by atoms with Crippen LogP contribution in [0, 0.1) is 6.92 Å². The molecule has 23 heavy (non-hydrogen) atoms. The Morgan fingerprint density at radius 1 is 1.39 bits per heavy atom. The number of anilines is 1. The van der Waals surface area contributed by atoms with Gasteiger partial charge < -0.3 is 9.09 Å². The highest BCUT2D eigenvalue weighted by Crippen LogP contribution is 2.39. The molecule has 0 bridgehead atoms. The maximum atomic E-state index is 12.4. The fraction of sp³-hybridized carbons (Fsp3) is 0.600. The minimum Gasteiger partial charge on any atom is -0.338 e. The van der Waals surface area contributed by atoms with Crippen LogP contribution in [0.2, 0.25) is 0 Å². The van der Waals surface area contributed by atoms with E-state index in [-0.39, 0.29) is 11.9 Å². The Hall–Kier alpha value is -2.22. The summed E-state index contributed by atoms with van der Waals surface area (Å²) in [7, 11) is 0. The van der Waals surface area contributed by atoms with E-state index in [1.54, 1.807) is 6.07 Å². The Kier molecular flexibility index (Phi) is 3.41. The first kappa shape index (κ1) is 14.4. The van der Waals surface area contributed by atoms with Crippen molar-refractivity contribution in [1.29, 1.82) is 0 Å². The second-order valence-electron chi connectivity index (χ2n) is 6.37. The van der Waals surface area contributed by atoms with Crippen LogP contribution in [0.4, 0.5) is 5.88 Å². The first-order valence-corrected chi connectivity index (χ1v) is 8.02. The van der Waals surface area contributed by atoms with Crippen molar-refractivity contribution in [3.63, 3.8) is 0 Å². The number of carbonyl (C=O) groups excluding carboxylic acids is 1. The fourth-order valence-electron chi connectivity index (χ4n) is 2.99. The van der Waals surface area contributed by atoms with Gasteiger partial charge in [-0.25, -0.2) is 0 Å². The van der Waals surface area contributed by atoms with Gasteiger partial charge in [0.05, 0.1) is 18.3 Å². The second kappa shape index (κ2) is 5.45. The van der Waals surface area contributed by atoms with Gasteiger partial charge in [-0.05, 0) is 26.7 Å². The number of carbonyl (C=O) groups is 1. The lowest BCUT2D eigenvalue weighted by atomic mass is 10.2. The molecule has 4 rings (SSSR count). The van der Waals surface area contributed by atoms with E-state index in [1.165, 1.54) is 12.8 Å². The molecule has 1 atom stereocenters. The fourth-order valence-corrected chi connectivity index (χ4v) is 2.99. The van der Waals surface area contributed by atoms with Gasteiger partial charge in [0.2, 0.25) is 11.8 Å². The van der Waals surface area contributed by atoms with Crippen LogP contribution in [0.25, 0.3) is 0 Å². The zero-order valence-electron chi connectivity index (χ0n) is 13.3. The van der Waals surface area contributed by atoms with Gasteiger partial charge in [0.25, 0.3) is 0 Å². The van der Waals surface area contributed by atoms with Gasteiger partial charge in [-0.3, -0.25) is 15.0 Å². The van der Waals surface area contributed by atoms with Crippen molar-refractivity contribution in [2.45, 2.75) is 51.7 Å². The minimum absolute atomic E-state index is 0.100. The molecule has 8 heteroatoms. The van der Waals surface area contributed by atoms with E-state index >= 15 is 0 Å². The lowest BCUT2D eigenvalue weighted by Gasteiger charge is -2.31. The average Bonchev–Trinajstić information content (AvgIpc) is 3.17. The summed E-state index contributed by atoms with van der Waals surface area (Å²) in [6.45, 7) is 6.01. The average molecular weight is 316 g/mol. The molecule has 1 saturated carbocycles. The van der Waals surface area contributed by atoms with Crippen LogP contribution in [0.5, 0.6) is 0 Å². The van der Waals surface area contributed by atoms with E-state index in [0.29, 0.717) is 18.3 Å². The Morgan fingerprint density at radius 3 is 2.91 bits per heavy atom. The van der Waals surface area contributed by atoms with Crippen LogP contribution < -0.4 is 5.32 Å². The quantitative estimate of drug-likeness (QED) is 0.914. The van der Waals surface area contributed by atoms with E-state index < -0.39 is 0 Å². The highest BCUT2D eigenvalue weighted by molar-refractivity contribution is 5.93. The molecule has 1 aliphatic heterocycles. The van der Waals surface area contributed by atoms with E-state index in [1.807, 2.05) is 13.8 Å². The predicted molar refractivity (Wildman–Crippen MR) is 81.7 cm³/mol. The molecule has 8 nitrogen and oxygen atoms in total. The molecule has 0 aromatic carbocycles. The largest absolute Gasteiger partial charge is 0.338 e. The number of aryl methyl sites for hydroxylation is 1. The maximum absolute atomic E-state index is 12.4. The van der Waals surface area contributed by atoms with Gasteiger partial charge in [0.1, 0.15) is 11.6 Å². The Labute approximate surface area is 133 Å². The Morgan fingerprint density at radius 2 is 2.22 bits per heavy atom. The van der Waals surface area contributed by atoms with Gasteiger partial charge in [-0.2, -0.15) is 0 Å². The van der Waals surface area contributed by atoms with Gasteiger partial charge in [-0.15, -0.1) is 10.2 Å². The van der Waals surface area contributed by atoms with Gasteiger partial charge in [0, 0.05) is 25.1 Å². The SMILES string of the molecule is Cc1cc(NC(=O)C(C)N2CCn3c(nnc3C3CC3)C2)on1. The third-order valence-electron chi connectivity index (χ3n) is 4.56. The number of fused-ring (bicyclic) bond motifs is 1. The predicted octanol–water partition coefficient (Wildman–Crippen LogP) is 1.29. The molecule has 1 fully saturated rings. The molecule has 2 aromatic heterocycles. The van der Waals surface area contributed by atoms with Crippen molar-refractivity contribution in [2.75, 3.05) is 11.9 Å². The van der Waals surface area contributed by atoms with Gasteiger partial charge in [-0.1, -0.05) is 5.16 Å². The van der Waals surface area contributed by atoms with Crippen molar-refractivity contribution >= 4 is 11.8 Å². The molecule has 2 aromatic rings. The van der Waals surface area contributed by atoms with Crippen molar-refractivity contribution in [1.82, 2.24) is 24.8 Å². The highest BCUT2D eigenvalue weighted by Gasteiger charge is 2.33. The van der Waals surface area contributed by atoms with Gasteiger partial charge >= 0.3 is 0 Å². The number of nitrogens with zero attached hydrogens (tertiary/aromatic N) is 5. The smallest absolute Gasteiger partial charge is 0.243 e. The molecular formula is C15H20N6O2. The summed E-state index contributed by atoms with van der Waals surface area (Å²) in [6, 6.07) is 1.44. The zero-order chi connectivity index (χ0) is 16.0. The van der Waals surface area contributed by atoms with Crippen LogP contribution in [0.1, 0.15) is 43.0 Å². The minimum atomic E-state index is -0.268. The Bertz CT molecular complexity index is 732. The highest BCUT2D eigenvalue weighted by atomic mass is 16.5. The second-order valence-corrected chi connectivity index (χ2v) is 6.37. The summed E-state index contributed by atoms with van der Waals surface area (Å²) in [5, 5.41) is 15.2. The van der Waals surface area contributed by atoms with Crippen molar-refractivity contribution < 1.29 is 9.32 Å². The van der Waals surface area contributed by atoms with Crippen LogP contribution in [-0.4, -0.2) is 43.3 Å². The molecule has 2 aliphatic rings. The number of nitrogens with one attached hydrogen (secondary N) is 1. The van der Waals surface area contributed by atoms with E-state index in [2.05, 4.69) is 30.1 Å². The van der Waals surface area contributed by atoms with E-state index in [9.17, 15) is 4.79 Å². The Balaban J connectivity index is 1.42. The summed E-state index contributed by atoms with van der Waals surface area (Å²) in [6.07, 6.45) is 2.44. The summed E-state index contributed by atoms with van der Waals surface area (Å²) in [5.41, 5.74) is 0.742. The molecule has 1 N–H and O–H groups in total. The molecular weight excluding hydrogens is 296 g/mol. The van der Waals surface area contributed by atoms with Crippen molar-refractivity contribution in [2.24, 2.45) is 0 Å². The van der Waals surface area contributed by atoms with Crippen LogP contribution >= 0.6 is 0 Å². The normalized spacial score (nSPS) is 19.4. The first-order chi connectivity index (χ1) is 11.1. The summed E-state index contributed by atoms with van der Waals surface area (Å²) in [4.78, 5) is 14.5. The maximum Gasteiger partial charge on any atom is 0.243 e. The topological polar surface area (TPSA) is 89.1 Å². The standard InChI is InChI=1S/C15H20N6O2/c1-9-7-13(23-19-9)16-15(22)10(2)20-5-6-21-12(8-20)17-18-14(21)11-3-4-11/h7,10-11H,3-6,8H2,1-2H3,(H,16,22). The molecule has 1 aliphatic carbocycles. The molecule has 0 radical (unpaired) electrons. The van der Waals surface area contributed by atoms with Crippen LogP contribution in [0.15, 0.2) is 10.6 Å². The first-order valence-electron chi connectivity index (χ1n) is 8.02. The lowest BCUT2D eigenvalue weighted by molar-refractivity contribution is -0.121. The number of amides is 1. The van der Waals surface area contributed by atoms with Gasteiger partial charge in [0.15, 0.2) is 0 Å². The zero-order valence-corrected chi connectivity index (χ0v) is 13.3. The third-order valence-corrected chi connectivity index (χ3v) is 4.56. The summed E-state index contributed by atoms with van der Waals surface area (Å²) in [5.74, 6) is 2.95. The number of hydrogen-bond donors (Lipinski definition) is 1. The number of rotatable bonds is 4. The van der Waals surface area contributed by atoms with E-state index in [4.69, 9.17) is 4.52 Å². The van der Waals surface area contributed by atoms with Crippen molar-refractivity contribution in [3.05, 3.63) is 23.4 Å². The summed E-state index contributed by atoms with van der Waals surface area (Å²) < 4.78 is 7.26. The molecule has 0 saturated heterocycles. The molecule has 1 unspecified atom stereocenters. The molecule has 0 spiro atoms. The number of hydrogen-bond acceptors (Lipinski definition) is 6. The third kappa shape index (κ3) is 2.74.